The third kappa shape index (κ3) is 1.76. The van der Waals surface area contributed by atoms with Gasteiger partial charge in [0.05, 0.1) is 0 Å². The SMILES string of the molecule is CC[C@@H](c1nn[nH]n1)C(C)C. The average Bonchev–Trinajstić information content (AvgIpc) is 2.40. The zero-order chi connectivity index (χ0) is 8.27. The molecule has 1 heterocycles. The third-order valence-electron chi connectivity index (χ3n) is 1.94. The monoisotopic (exact) mass is 154 g/mol. The quantitative estimate of drug-likeness (QED) is 0.715. The van der Waals surface area contributed by atoms with Crippen LogP contribution in [0.3, 0.4) is 0 Å². The first-order valence-corrected chi connectivity index (χ1v) is 3.99. The summed E-state index contributed by atoms with van der Waals surface area (Å²) in [5.74, 6) is 1.86. The topological polar surface area (TPSA) is 54.5 Å². The van der Waals surface area contributed by atoms with E-state index in [1.807, 2.05) is 0 Å². The lowest BCUT2D eigenvalue weighted by Gasteiger charge is -2.13. The van der Waals surface area contributed by atoms with Crippen LogP contribution in [0.25, 0.3) is 0 Å². The molecule has 62 valence electrons. The van der Waals surface area contributed by atoms with Crippen molar-refractivity contribution in [1.29, 1.82) is 0 Å². The normalized spacial score (nSPS) is 13.8. The molecule has 0 aromatic carbocycles. The maximum absolute atomic E-state index is 3.96. The number of aromatic amines is 1. The Kier molecular flexibility index (Phi) is 2.57. The second-order valence-corrected chi connectivity index (χ2v) is 3.03. The molecule has 0 aliphatic rings. The lowest BCUT2D eigenvalue weighted by atomic mass is 9.93. The van der Waals surface area contributed by atoms with E-state index in [1.165, 1.54) is 0 Å². The van der Waals surface area contributed by atoms with Gasteiger partial charge >= 0.3 is 0 Å². The minimum absolute atomic E-state index is 0.439. The molecule has 0 saturated heterocycles. The summed E-state index contributed by atoms with van der Waals surface area (Å²) in [7, 11) is 0. The molecular weight excluding hydrogens is 140 g/mol. The van der Waals surface area contributed by atoms with Crippen molar-refractivity contribution in [3.63, 3.8) is 0 Å². The number of tetrazole rings is 1. The molecule has 1 rings (SSSR count). The van der Waals surface area contributed by atoms with E-state index in [2.05, 4.69) is 41.4 Å². The van der Waals surface area contributed by atoms with Crippen molar-refractivity contribution in [2.75, 3.05) is 0 Å². The second-order valence-electron chi connectivity index (χ2n) is 3.03. The molecule has 1 aromatic rings. The Balaban J connectivity index is 2.71. The lowest BCUT2D eigenvalue weighted by Crippen LogP contribution is -2.07. The van der Waals surface area contributed by atoms with E-state index < -0.39 is 0 Å². The van der Waals surface area contributed by atoms with Gasteiger partial charge < -0.3 is 0 Å². The van der Waals surface area contributed by atoms with Crippen LogP contribution in [0.2, 0.25) is 0 Å². The van der Waals surface area contributed by atoms with Crippen molar-refractivity contribution < 1.29 is 0 Å². The van der Waals surface area contributed by atoms with Gasteiger partial charge in [0.25, 0.3) is 0 Å². The largest absolute Gasteiger partial charge is 0.177 e. The Morgan fingerprint density at radius 3 is 2.55 bits per heavy atom. The zero-order valence-corrected chi connectivity index (χ0v) is 7.20. The maximum atomic E-state index is 3.96. The van der Waals surface area contributed by atoms with Crippen LogP contribution >= 0.6 is 0 Å². The second kappa shape index (κ2) is 3.46. The summed E-state index contributed by atoms with van der Waals surface area (Å²) in [5.41, 5.74) is 0. The van der Waals surface area contributed by atoms with Crippen LogP contribution in [-0.2, 0) is 0 Å². The number of nitrogens with zero attached hydrogens (tertiary/aromatic N) is 3. The predicted octanol–water partition coefficient (Wildman–Crippen LogP) is 1.35. The van der Waals surface area contributed by atoms with Gasteiger partial charge in [0, 0.05) is 5.92 Å². The van der Waals surface area contributed by atoms with Crippen molar-refractivity contribution >= 4 is 0 Å². The van der Waals surface area contributed by atoms with Crippen LogP contribution in [0.15, 0.2) is 0 Å². The number of nitrogens with one attached hydrogen (secondary N) is 1. The molecule has 0 aliphatic heterocycles. The van der Waals surface area contributed by atoms with E-state index >= 15 is 0 Å². The van der Waals surface area contributed by atoms with Gasteiger partial charge in [0.15, 0.2) is 5.82 Å². The van der Waals surface area contributed by atoms with Gasteiger partial charge in [0.1, 0.15) is 0 Å². The number of rotatable bonds is 3. The molecule has 0 bridgehead atoms. The highest BCUT2D eigenvalue weighted by molar-refractivity contribution is 4.91. The summed E-state index contributed by atoms with van der Waals surface area (Å²) in [6.45, 7) is 6.48. The van der Waals surface area contributed by atoms with Gasteiger partial charge in [-0.3, -0.25) is 0 Å². The lowest BCUT2D eigenvalue weighted by molar-refractivity contribution is 0.463. The first-order valence-electron chi connectivity index (χ1n) is 3.99. The van der Waals surface area contributed by atoms with Crippen molar-refractivity contribution in [2.45, 2.75) is 33.1 Å². The van der Waals surface area contributed by atoms with Gasteiger partial charge in [0.2, 0.25) is 0 Å². The van der Waals surface area contributed by atoms with Crippen molar-refractivity contribution in [3.05, 3.63) is 5.82 Å². The molecule has 0 saturated carbocycles. The molecule has 4 nitrogen and oxygen atoms in total. The highest BCUT2D eigenvalue weighted by atomic mass is 15.5. The molecular formula is C7H14N4. The van der Waals surface area contributed by atoms with E-state index in [-0.39, 0.29) is 0 Å². The Morgan fingerprint density at radius 1 is 1.45 bits per heavy atom. The van der Waals surface area contributed by atoms with Crippen LogP contribution < -0.4 is 0 Å². The van der Waals surface area contributed by atoms with Crippen molar-refractivity contribution in [3.8, 4) is 0 Å². The highest BCUT2D eigenvalue weighted by Crippen LogP contribution is 2.23. The van der Waals surface area contributed by atoms with E-state index in [4.69, 9.17) is 0 Å². The third-order valence-corrected chi connectivity index (χ3v) is 1.94. The first-order chi connectivity index (χ1) is 5.25. The number of hydrogen-bond donors (Lipinski definition) is 1. The maximum Gasteiger partial charge on any atom is 0.177 e. The van der Waals surface area contributed by atoms with Gasteiger partial charge in [-0.05, 0) is 12.3 Å². The van der Waals surface area contributed by atoms with Crippen LogP contribution in [0, 0.1) is 5.92 Å². The molecule has 1 aromatic heterocycles. The van der Waals surface area contributed by atoms with Crippen molar-refractivity contribution in [2.24, 2.45) is 5.92 Å². The Hall–Kier alpha value is -0.930. The van der Waals surface area contributed by atoms with Gasteiger partial charge in [-0.2, -0.15) is 5.21 Å². The fourth-order valence-electron chi connectivity index (χ4n) is 1.28. The molecule has 11 heavy (non-hydrogen) atoms. The van der Waals surface area contributed by atoms with E-state index in [0.29, 0.717) is 11.8 Å². The van der Waals surface area contributed by atoms with Crippen LogP contribution in [-0.4, -0.2) is 20.6 Å². The zero-order valence-electron chi connectivity index (χ0n) is 7.20. The number of H-pyrrole nitrogens is 1. The van der Waals surface area contributed by atoms with Crippen LogP contribution in [0.1, 0.15) is 38.9 Å². The molecule has 0 radical (unpaired) electrons. The number of aromatic nitrogens is 4. The fourth-order valence-corrected chi connectivity index (χ4v) is 1.28. The Bertz CT molecular complexity index is 192. The molecule has 0 spiro atoms. The van der Waals surface area contributed by atoms with Gasteiger partial charge in [-0.25, -0.2) is 0 Å². The summed E-state index contributed by atoms with van der Waals surface area (Å²) in [5, 5.41) is 13.9. The Morgan fingerprint density at radius 2 is 2.18 bits per heavy atom. The van der Waals surface area contributed by atoms with E-state index in [9.17, 15) is 0 Å². The van der Waals surface area contributed by atoms with Gasteiger partial charge in [-0.15, -0.1) is 10.2 Å². The number of hydrogen-bond acceptors (Lipinski definition) is 3. The van der Waals surface area contributed by atoms with Crippen LogP contribution in [0.4, 0.5) is 0 Å². The smallest absolute Gasteiger partial charge is 0.177 e. The van der Waals surface area contributed by atoms with E-state index in [0.717, 1.165) is 12.2 Å². The van der Waals surface area contributed by atoms with E-state index in [1.54, 1.807) is 0 Å². The molecule has 0 unspecified atom stereocenters. The standard InChI is InChI=1S/C7H14N4/c1-4-6(5(2)3)7-8-10-11-9-7/h5-6H,4H2,1-3H3,(H,8,9,10,11)/t6-/m1/s1. The summed E-state index contributed by atoms with van der Waals surface area (Å²) < 4.78 is 0. The summed E-state index contributed by atoms with van der Waals surface area (Å²) in [6.07, 6.45) is 1.07. The average molecular weight is 154 g/mol. The molecule has 1 atom stereocenters. The fraction of sp³-hybridized carbons (Fsp3) is 0.857. The van der Waals surface area contributed by atoms with Crippen molar-refractivity contribution in [1.82, 2.24) is 20.6 Å². The summed E-state index contributed by atoms with van der Waals surface area (Å²) >= 11 is 0. The molecule has 1 N–H and O–H groups in total. The molecule has 0 aliphatic carbocycles. The molecule has 4 heteroatoms. The summed E-state index contributed by atoms with van der Waals surface area (Å²) in [4.78, 5) is 0. The van der Waals surface area contributed by atoms with Crippen LogP contribution in [0.5, 0.6) is 0 Å². The molecule has 0 amide bonds. The molecule has 0 fully saturated rings. The predicted molar refractivity (Wildman–Crippen MR) is 42.0 cm³/mol. The van der Waals surface area contributed by atoms with Gasteiger partial charge in [-0.1, -0.05) is 26.0 Å². The highest BCUT2D eigenvalue weighted by Gasteiger charge is 2.17. The minimum Gasteiger partial charge on any atom is -0.177 e. The summed E-state index contributed by atoms with van der Waals surface area (Å²) in [6, 6.07) is 0. The Labute approximate surface area is 66.4 Å². The minimum atomic E-state index is 0.439. The first kappa shape index (κ1) is 8.17.